The summed E-state index contributed by atoms with van der Waals surface area (Å²) in [6.07, 6.45) is 6.20. The van der Waals surface area contributed by atoms with Crippen LogP contribution >= 0.6 is 0 Å². The maximum atomic E-state index is 5.44. The van der Waals surface area contributed by atoms with Gasteiger partial charge in [-0.3, -0.25) is 0 Å². The summed E-state index contributed by atoms with van der Waals surface area (Å²) in [5, 5.41) is 7.98. The Hall–Kier alpha value is -0.900. The Morgan fingerprint density at radius 3 is 3.00 bits per heavy atom. The Bertz CT molecular complexity index is 209. The predicted octanol–water partition coefficient (Wildman–Crippen LogP) is 0.970. The summed E-state index contributed by atoms with van der Waals surface area (Å²) in [6.45, 7) is 3.86. The molecule has 0 aliphatic carbocycles. The third-order valence-electron chi connectivity index (χ3n) is 2.05. The predicted molar refractivity (Wildman–Crippen MR) is 52.3 cm³/mol. The first-order chi connectivity index (χ1) is 6.38. The second-order valence-corrected chi connectivity index (χ2v) is 3.19. The van der Waals surface area contributed by atoms with Crippen LogP contribution in [0.3, 0.4) is 0 Å². The molecule has 0 bridgehead atoms. The second kappa shape index (κ2) is 5.70. The molecular formula is C9H18N4. The molecule has 1 aromatic heterocycles. The number of hydrogen-bond donors (Lipinski definition) is 1. The molecule has 4 heteroatoms. The van der Waals surface area contributed by atoms with Gasteiger partial charge in [-0.15, -0.1) is 10.2 Å². The van der Waals surface area contributed by atoms with Crippen molar-refractivity contribution in [3.8, 4) is 0 Å². The summed E-state index contributed by atoms with van der Waals surface area (Å²) in [5.74, 6) is 1.09. The van der Waals surface area contributed by atoms with Gasteiger partial charge in [-0.25, -0.2) is 0 Å². The van der Waals surface area contributed by atoms with E-state index < -0.39 is 0 Å². The van der Waals surface area contributed by atoms with Crippen molar-refractivity contribution in [2.45, 2.75) is 39.2 Å². The van der Waals surface area contributed by atoms with Crippen molar-refractivity contribution in [1.29, 1.82) is 0 Å². The number of hydrogen-bond acceptors (Lipinski definition) is 3. The van der Waals surface area contributed by atoms with Crippen LogP contribution in [0.1, 0.15) is 32.0 Å². The smallest absolute Gasteiger partial charge is 0.132 e. The summed E-state index contributed by atoms with van der Waals surface area (Å²) in [5.41, 5.74) is 5.44. The van der Waals surface area contributed by atoms with Gasteiger partial charge in [0.1, 0.15) is 12.2 Å². The van der Waals surface area contributed by atoms with Crippen molar-refractivity contribution in [1.82, 2.24) is 14.8 Å². The van der Waals surface area contributed by atoms with Crippen molar-refractivity contribution in [2.24, 2.45) is 5.73 Å². The highest BCUT2D eigenvalue weighted by Crippen LogP contribution is 2.02. The molecule has 0 saturated carbocycles. The van der Waals surface area contributed by atoms with E-state index >= 15 is 0 Å². The molecule has 74 valence electrons. The van der Waals surface area contributed by atoms with E-state index in [4.69, 9.17) is 5.73 Å². The van der Waals surface area contributed by atoms with E-state index in [0.717, 1.165) is 31.8 Å². The van der Waals surface area contributed by atoms with Gasteiger partial charge in [0.05, 0.1) is 0 Å². The average Bonchev–Trinajstić information content (AvgIpc) is 2.59. The molecule has 4 nitrogen and oxygen atoms in total. The lowest BCUT2D eigenvalue weighted by molar-refractivity contribution is 0.603. The first kappa shape index (κ1) is 10.2. The van der Waals surface area contributed by atoms with Crippen molar-refractivity contribution < 1.29 is 0 Å². The van der Waals surface area contributed by atoms with Gasteiger partial charge in [0.2, 0.25) is 0 Å². The third-order valence-corrected chi connectivity index (χ3v) is 2.05. The molecule has 0 spiro atoms. The van der Waals surface area contributed by atoms with Crippen LogP contribution in [0, 0.1) is 0 Å². The van der Waals surface area contributed by atoms with Crippen LogP contribution in [0.15, 0.2) is 6.33 Å². The molecule has 1 rings (SSSR count). The van der Waals surface area contributed by atoms with Crippen molar-refractivity contribution >= 4 is 0 Å². The standard InChI is InChI=1S/C9H18N4/c1-2-3-5-9-12-11-8-13(9)7-4-6-10/h8H,2-7,10H2,1H3. The quantitative estimate of drug-likeness (QED) is 0.713. The monoisotopic (exact) mass is 182 g/mol. The fraction of sp³-hybridized carbons (Fsp3) is 0.778. The highest BCUT2D eigenvalue weighted by molar-refractivity contribution is 4.85. The van der Waals surface area contributed by atoms with E-state index in [1.807, 2.05) is 0 Å². The minimum Gasteiger partial charge on any atom is -0.330 e. The normalized spacial score (nSPS) is 10.6. The minimum atomic E-state index is 0.728. The van der Waals surface area contributed by atoms with E-state index in [2.05, 4.69) is 21.7 Å². The van der Waals surface area contributed by atoms with Crippen LogP contribution in [0.25, 0.3) is 0 Å². The summed E-state index contributed by atoms with van der Waals surface area (Å²) < 4.78 is 2.10. The van der Waals surface area contributed by atoms with Crippen LogP contribution in [-0.4, -0.2) is 21.3 Å². The maximum absolute atomic E-state index is 5.44. The van der Waals surface area contributed by atoms with Crippen LogP contribution in [0.4, 0.5) is 0 Å². The topological polar surface area (TPSA) is 56.7 Å². The summed E-state index contributed by atoms with van der Waals surface area (Å²) in [7, 11) is 0. The van der Waals surface area contributed by atoms with E-state index in [1.165, 1.54) is 12.8 Å². The molecule has 0 saturated heterocycles. The molecule has 0 unspecified atom stereocenters. The summed E-state index contributed by atoms with van der Waals surface area (Å²) in [4.78, 5) is 0. The summed E-state index contributed by atoms with van der Waals surface area (Å²) >= 11 is 0. The minimum absolute atomic E-state index is 0.728. The molecule has 0 aliphatic heterocycles. The number of aromatic nitrogens is 3. The fourth-order valence-corrected chi connectivity index (χ4v) is 1.26. The molecule has 0 aliphatic rings. The Labute approximate surface area is 79.2 Å². The second-order valence-electron chi connectivity index (χ2n) is 3.19. The highest BCUT2D eigenvalue weighted by Gasteiger charge is 2.01. The lowest BCUT2D eigenvalue weighted by Crippen LogP contribution is -2.08. The maximum Gasteiger partial charge on any atom is 0.132 e. The molecule has 13 heavy (non-hydrogen) atoms. The summed E-state index contributed by atoms with van der Waals surface area (Å²) in [6, 6.07) is 0. The SMILES string of the molecule is CCCCc1nncn1CCCN. The number of nitrogens with zero attached hydrogens (tertiary/aromatic N) is 3. The van der Waals surface area contributed by atoms with E-state index in [9.17, 15) is 0 Å². The molecule has 0 amide bonds. The first-order valence-electron chi connectivity index (χ1n) is 4.95. The van der Waals surface area contributed by atoms with Gasteiger partial charge < -0.3 is 10.3 Å². The lowest BCUT2D eigenvalue weighted by atomic mass is 10.2. The van der Waals surface area contributed by atoms with E-state index in [0.29, 0.717) is 0 Å². The Morgan fingerprint density at radius 1 is 1.46 bits per heavy atom. The largest absolute Gasteiger partial charge is 0.330 e. The fourth-order valence-electron chi connectivity index (χ4n) is 1.26. The highest BCUT2D eigenvalue weighted by atomic mass is 15.3. The molecule has 1 aromatic rings. The molecular weight excluding hydrogens is 164 g/mol. The van der Waals surface area contributed by atoms with E-state index in [1.54, 1.807) is 6.33 Å². The lowest BCUT2D eigenvalue weighted by Gasteiger charge is -2.04. The average molecular weight is 182 g/mol. The van der Waals surface area contributed by atoms with Crippen molar-refractivity contribution in [2.75, 3.05) is 6.54 Å². The zero-order chi connectivity index (χ0) is 9.52. The zero-order valence-electron chi connectivity index (χ0n) is 8.24. The van der Waals surface area contributed by atoms with Crippen LogP contribution in [0.5, 0.6) is 0 Å². The number of nitrogens with two attached hydrogens (primary N) is 1. The van der Waals surface area contributed by atoms with E-state index in [-0.39, 0.29) is 0 Å². The van der Waals surface area contributed by atoms with Crippen molar-refractivity contribution in [3.05, 3.63) is 12.2 Å². The molecule has 0 radical (unpaired) electrons. The molecule has 0 aromatic carbocycles. The van der Waals surface area contributed by atoms with Gasteiger partial charge >= 0.3 is 0 Å². The Balaban J connectivity index is 2.45. The number of unbranched alkanes of at least 4 members (excludes halogenated alkanes) is 1. The molecule has 2 N–H and O–H groups in total. The number of aryl methyl sites for hydroxylation is 2. The number of rotatable bonds is 6. The van der Waals surface area contributed by atoms with Crippen LogP contribution < -0.4 is 5.73 Å². The Morgan fingerprint density at radius 2 is 2.31 bits per heavy atom. The molecule has 1 heterocycles. The van der Waals surface area contributed by atoms with Gasteiger partial charge in [-0.05, 0) is 19.4 Å². The van der Waals surface area contributed by atoms with Crippen LogP contribution in [-0.2, 0) is 13.0 Å². The van der Waals surface area contributed by atoms with Gasteiger partial charge in [-0.1, -0.05) is 13.3 Å². The first-order valence-corrected chi connectivity index (χ1v) is 4.95. The van der Waals surface area contributed by atoms with Crippen molar-refractivity contribution in [3.63, 3.8) is 0 Å². The van der Waals surface area contributed by atoms with Gasteiger partial charge in [0.25, 0.3) is 0 Å². The van der Waals surface area contributed by atoms with Gasteiger partial charge in [0.15, 0.2) is 0 Å². The Kier molecular flexibility index (Phi) is 4.46. The molecule has 0 atom stereocenters. The zero-order valence-corrected chi connectivity index (χ0v) is 8.24. The van der Waals surface area contributed by atoms with Gasteiger partial charge in [-0.2, -0.15) is 0 Å². The molecule has 0 fully saturated rings. The third kappa shape index (κ3) is 3.14. The van der Waals surface area contributed by atoms with Gasteiger partial charge in [0, 0.05) is 13.0 Å². The van der Waals surface area contributed by atoms with Crippen LogP contribution in [0.2, 0.25) is 0 Å².